The van der Waals surface area contributed by atoms with Crippen LogP contribution in [0.5, 0.6) is 0 Å². The molecule has 21 nitrogen and oxygen atoms in total. The Morgan fingerprint density at radius 2 is 1.47 bits per heavy atom. The Labute approximate surface area is 488 Å². The predicted molar refractivity (Wildman–Crippen MR) is 309 cm³/mol. The lowest BCUT2D eigenvalue weighted by atomic mass is 9.96. The van der Waals surface area contributed by atoms with E-state index < -0.39 is 28.6 Å². The van der Waals surface area contributed by atoms with Gasteiger partial charge in [-0.15, -0.1) is 0 Å². The minimum atomic E-state index is -1.09. The maximum Gasteiger partial charge on any atom is 0.415 e. The van der Waals surface area contributed by atoms with Crippen molar-refractivity contribution in [3.63, 3.8) is 0 Å². The fraction of sp³-hybridized carbons (Fsp3) is 0.525. The van der Waals surface area contributed by atoms with E-state index in [9.17, 15) is 23.2 Å². The number of nitrogens with two attached hydrogens (primary N) is 1. The van der Waals surface area contributed by atoms with Crippen LogP contribution in [0, 0.1) is 17.6 Å². The molecule has 1 unspecified atom stereocenters. The number of hydrogen-bond donors (Lipinski definition) is 2. The molecule has 24 heteroatoms. The standard InChI is InChI=1S/C59H78F2N10O11S/c1-4-53(72)69-23-21-68(22-24-69)52(39-44-11-12-44)46-15-13-45(14-16-46)43(2)64-56-63-41-47-42-81-58(74)70(54(47)65-56)25-26-75-27-28-76-29-30-77-31-32-78-33-34-79-35-36-80-37-38-82-67(3)57(73)71-59(19-8-20-62,48-9-6-5-7-10-48)83-55(66-71)50-40-49(60)17-18-51(50)61/h4-7,9-10,13-18,40-41,43-44,52H,1,8,11-12,19-39,42,62H2,2-3H3,(H,63,64,65)/t43-,52-,59?/m0/s1. The number of hydrogen-bond acceptors (Lipinski definition) is 18. The number of anilines is 2. The van der Waals surface area contributed by atoms with Crippen LogP contribution in [0.4, 0.5) is 30.1 Å². The van der Waals surface area contributed by atoms with Crippen LogP contribution in [0.3, 0.4) is 0 Å². The van der Waals surface area contributed by atoms with E-state index in [1.807, 2.05) is 35.2 Å². The van der Waals surface area contributed by atoms with Crippen LogP contribution in [0.2, 0.25) is 0 Å². The molecule has 4 aromatic rings. The van der Waals surface area contributed by atoms with Crippen molar-refractivity contribution in [2.75, 3.05) is 142 Å². The number of urea groups is 1. The van der Waals surface area contributed by atoms with Gasteiger partial charge in [-0.1, -0.05) is 85.8 Å². The molecule has 2 fully saturated rings. The number of nitrogens with one attached hydrogen (secondary N) is 1. The van der Waals surface area contributed by atoms with E-state index in [1.54, 1.807) is 6.20 Å². The molecule has 3 atom stereocenters. The number of thioether (sulfide) groups is 1. The largest absolute Gasteiger partial charge is 0.444 e. The summed E-state index contributed by atoms with van der Waals surface area (Å²) in [5.74, 6) is 0.352. The van der Waals surface area contributed by atoms with Crippen LogP contribution in [0.15, 0.2) is 96.7 Å². The second kappa shape index (κ2) is 32.2. The molecule has 83 heavy (non-hydrogen) atoms. The summed E-state index contributed by atoms with van der Waals surface area (Å²) in [5.41, 5.74) is 9.68. The molecule has 4 heterocycles. The number of fused-ring (bicyclic) bond motifs is 1. The summed E-state index contributed by atoms with van der Waals surface area (Å²) in [6.45, 7) is 13.5. The van der Waals surface area contributed by atoms with Gasteiger partial charge in [0, 0.05) is 51.0 Å². The summed E-state index contributed by atoms with van der Waals surface area (Å²) < 4.78 is 68.5. The number of hydrazone groups is 1. The third-order valence-electron chi connectivity index (χ3n) is 14.5. The molecule has 8 rings (SSSR count). The predicted octanol–water partition coefficient (Wildman–Crippen LogP) is 7.64. The van der Waals surface area contributed by atoms with Gasteiger partial charge < -0.3 is 49.1 Å². The average Bonchev–Trinajstić information content (AvgIpc) is 3.80. The number of rotatable bonds is 35. The Bertz CT molecular complexity index is 2750. The fourth-order valence-electron chi connectivity index (χ4n) is 9.80. The van der Waals surface area contributed by atoms with Crippen molar-refractivity contribution in [2.24, 2.45) is 16.8 Å². The summed E-state index contributed by atoms with van der Waals surface area (Å²) in [4.78, 5) is 58.8. The molecule has 0 spiro atoms. The molecule has 1 saturated heterocycles. The average molecular weight is 1170 g/mol. The van der Waals surface area contributed by atoms with Crippen molar-refractivity contribution in [3.05, 3.63) is 131 Å². The summed E-state index contributed by atoms with van der Waals surface area (Å²) in [6.07, 6.45) is 7.18. The highest BCUT2D eigenvalue weighted by Crippen LogP contribution is 2.51. The number of benzene rings is 3. The van der Waals surface area contributed by atoms with Gasteiger partial charge in [-0.3, -0.25) is 19.4 Å². The van der Waals surface area contributed by atoms with E-state index in [0.717, 1.165) is 59.8 Å². The van der Waals surface area contributed by atoms with Gasteiger partial charge in [0.2, 0.25) is 11.9 Å². The number of ether oxygens (including phenoxy) is 7. The molecule has 3 N–H and O–H groups in total. The molecule has 4 amide bonds. The summed E-state index contributed by atoms with van der Waals surface area (Å²) in [5, 5.41) is 10.4. The molecule has 1 aliphatic carbocycles. The van der Waals surface area contributed by atoms with Crippen molar-refractivity contribution < 1.29 is 61.2 Å². The fourth-order valence-corrected chi connectivity index (χ4v) is 11.2. The van der Waals surface area contributed by atoms with E-state index in [2.05, 4.69) is 58.1 Å². The molecule has 3 aliphatic heterocycles. The highest BCUT2D eigenvalue weighted by Gasteiger charge is 2.50. The van der Waals surface area contributed by atoms with Crippen molar-refractivity contribution >= 4 is 46.6 Å². The number of nitrogens with zero attached hydrogens (tertiary/aromatic N) is 8. The monoisotopic (exact) mass is 1170 g/mol. The molecular weight excluding hydrogens is 1090 g/mol. The Hall–Kier alpha value is -6.19. The lowest BCUT2D eigenvalue weighted by Gasteiger charge is -2.39. The van der Waals surface area contributed by atoms with Gasteiger partial charge in [-0.05, 0) is 79.6 Å². The first-order chi connectivity index (χ1) is 40.5. The minimum absolute atomic E-state index is 0.00493. The van der Waals surface area contributed by atoms with Crippen LogP contribution in [-0.4, -0.2) is 185 Å². The lowest BCUT2D eigenvalue weighted by Crippen LogP contribution is -2.49. The number of cyclic esters (lactones) is 1. The smallest absolute Gasteiger partial charge is 0.415 e. The summed E-state index contributed by atoms with van der Waals surface area (Å²) in [7, 11) is 1.46. The van der Waals surface area contributed by atoms with E-state index in [0.29, 0.717) is 122 Å². The second-order valence-corrected chi connectivity index (χ2v) is 21.6. The first-order valence-electron chi connectivity index (χ1n) is 28.5. The van der Waals surface area contributed by atoms with Gasteiger partial charge in [0.1, 0.15) is 34.0 Å². The molecule has 0 bridgehead atoms. The summed E-state index contributed by atoms with van der Waals surface area (Å²) >= 11 is 1.17. The van der Waals surface area contributed by atoms with Crippen LogP contribution >= 0.6 is 11.8 Å². The molecular formula is C59H78F2N10O11S. The molecule has 0 radical (unpaired) electrons. The van der Waals surface area contributed by atoms with Gasteiger partial charge >= 0.3 is 12.1 Å². The Morgan fingerprint density at radius 1 is 0.855 bits per heavy atom. The number of amides is 4. The second-order valence-electron chi connectivity index (χ2n) is 20.3. The highest BCUT2D eigenvalue weighted by atomic mass is 32.2. The Kier molecular flexibility index (Phi) is 24.4. The van der Waals surface area contributed by atoms with Crippen molar-refractivity contribution in [2.45, 2.75) is 62.6 Å². The van der Waals surface area contributed by atoms with E-state index >= 15 is 0 Å². The normalized spacial score (nSPS) is 17.9. The maximum atomic E-state index is 15.0. The molecule has 1 aromatic heterocycles. The first kappa shape index (κ1) is 62.8. The van der Waals surface area contributed by atoms with Crippen molar-refractivity contribution in [1.29, 1.82) is 0 Å². The van der Waals surface area contributed by atoms with Gasteiger partial charge in [0.05, 0.1) is 104 Å². The SMILES string of the molecule is C=CC(=O)N1CCN([C@@H](CC2CC2)c2ccc([C@H](C)Nc3ncc4c(n3)N(CCOCCOCCOCCOCCOCCOCCON(C)C(=O)N3N=C(c5cc(F)ccc5F)SC3(CCCN)c3ccccc3)C(=O)OC4)cc2)CC1. The number of halogens is 2. The van der Waals surface area contributed by atoms with Gasteiger partial charge in [-0.25, -0.2) is 28.4 Å². The van der Waals surface area contributed by atoms with Crippen LogP contribution < -0.4 is 16.0 Å². The number of hydroxylamine groups is 2. The molecule has 4 aliphatic rings. The Morgan fingerprint density at radius 3 is 2.08 bits per heavy atom. The van der Waals surface area contributed by atoms with Crippen LogP contribution in [0.1, 0.15) is 78.9 Å². The topological polar surface area (TPSA) is 217 Å². The zero-order valence-electron chi connectivity index (χ0n) is 47.5. The highest BCUT2D eigenvalue weighted by molar-refractivity contribution is 8.15. The zero-order chi connectivity index (χ0) is 58.4. The van der Waals surface area contributed by atoms with Gasteiger partial charge in [-0.2, -0.15) is 15.1 Å². The minimum Gasteiger partial charge on any atom is -0.444 e. The number of aromatic nitrogens is 2. The summed E-state index contributed by atoms with van der Waals surface area (Å²) in [6, 6.07) is 20.7. The van der Waals surface area contributed by atoms with Gasteiger partial charge in [0.25, 0.3) is 0 Å². The molecule has 3 aromatic carbocycles. The quantitative estimate of drug-likeness (QED) is 0.0257. The first-order valence-corrected chi connectivity index (χ1v) is 29.3. The third kappa shape index (κ3) is 17.9. The number of carbonyl (C=O) groups is 3. The number of carbonyl (C=O) groups excluding carboxylic acids is 3. The third-order valence-corrected chi connectivity index (χ3v) is 16.0. The van der Waals surface area contributed by atoms with E-state index in [1.165, 1.54) is 53.2 Å². The molecule has 450 valence electrons. The van der Waals surface area contributed by atoms with Gasteiger partial charge in [0.15, 0.2) is 0 Å². The maximum absolute atomic E-state index is 15.0. The van der Waals surface area contributed by atoms with Crippen LogP contribution in [0.25, 0.3) is 0 Å². The van der Waals surface area contributed by atoms with Crippen LogP contribution in [-0.2, 0) is 54.3 Å². The zero-order valence-corrected chi connectivity index (χ0v) is 48.3. The number of piperazine rings is 1. The lowest BCUT2D eigenvalue weighted by molar-refractivity contribution is -0.128. The van der Waals surface area contributed by atoms with Crippen molar-refractivity contribution in [1.82, 2.24) is 29.8 Å². The van der Waals surface area contributed by atoms with E-state index in [-0.39, 0.29) is 55.5 Å². The molecule has 1 saturated carbocycles. The Balaban J connectivity index is 0.639. The van der Waals surface area contributed by atoms with Crippen molar-refractivity contribution in [3.8, 4) is 0 Å². The van der Waals surface area contributed by atoms with E-state index in [4.69, 9.17) is 48.7 Å².